The SMILES string of the molecule is CN(c1ccc(F)cc1)c1cc(Cl)ccc1/C=C/C(=O)O. The first-order chi connectivity index (χ1) is 9.97. The molecule has 0 aliphatic heterocycles. The van der Waals surface area contributed by atoms with Gasteiger partial charge in [0, 0.05) is 29.5 Å². The van der Waals surface area contributed by atoms with Crippen molar-refractivity contribution in [1.82, 2.24) is 0 Å². The summed E-state index contributed by atoms with van der Waals surface area (Å²) < 4.78 is 13.0. The summed E-state index contributed by atoms with van der Waals surface area (Å²) in [4.78, 5) is 12.5. The molecule has 2 aromatic carbocycles. The van der Waals surface area contributed by atoms with E-state index in [4.69, 9.17) is 16.7 Å². The van der Waals surface area contributed by atoms with E-state index >= 15 is 0 Å². The molecule has 0 heterocycles. The Morgan fingerprint density at radius 3 is 2.52 bits per heavy atom. The maximum absolute atomic E-state index is 13.0. The van der Waals surface area contributed by atoms with Gasteiger partial charge in [0.25, 0.3) is 0 Å². The molecule has 0 atom stereocenters. The van der Waals surface area contributed by atoms with Crippen LogP contribution in [0.15, 0.2) is 48.5 Å². The third-order valence-corrected chi connectivity index (χ3v) is 3.21. The van der Waals surface area contributed by atoms with Gasteiger partial charge in [-0.15, -0.1) is 0 Å². The van der Waals surface area contributed by atoms with Crippen molar-refractivity contribution in [2.75, 3.05) is 11.9 Å². The van der Waals surface area contributed by atoms with Gasteiger partial charge in [0.1, 0.15) is 5.82 Å². The molecular weight excluding hydrogens is 293 g/mol. The molecule has 3 nitrogen and oxygen atoms in total. The van der Waals surface area contributed by atoms with Crippen LogP contribution in [-0.2, 0) is 4.79 Å². The Balaban J connectivity index is 2.43. The Bertz CT molecular complexity index is 683. The summed E-state index contributed by atoms with van der Waals surface area (Å²) in [6.45, 7) is 0. The highest BCUT2D eigenvalue weighted by Gasteiger charge is 2.09. The van der Waals surface area contributed by atoms with Crippen molar-refractivity contribution >= 4 is 35.0 Å². The lowest BCUT2D eigenvalue weighted by atomic mass is 10.1. The number of halogens is 2. The molecule has 0 amide bonds. The molecule has 0 saturated carbocycles. The molecule has 0 spiro atoms. The Kier molecular flexibility index (Phi) is 4.60. The highest BCUT2D eigenvalue weighted by molar-refractivity contribution is 6.31. The molecule has 5 heteroatoms. The molecule has 0 bridgehead atoms. The van der Waals surface area contributed by atoms with E-state index in [2.05, 4.69) is 0 Å². The van der Waals surface area contributed by atoms with Crippen LogP contribution in [0.2, 0.25) is 5.02 Å². The van der Waals surface area contributed by atoms with Crippen LogP contribution in [0.25, 0.3) is 6.08 Å². The normalized spacial score (nSPS) is 10.8. The predicted molar refractivity (Wildman–Crippen MR) is 82.6 cm³/mol. The molecule has 1 N–H and O–H groups in total. The van der Waals surface area contributed by atoms with Crippen LogP contribution in [0.3, 0.4) is 0 Å². The fourth-order valence-electron chi connectivity index (χ4n) is 1.91. The zero-order chi connectivity index (χ0) is 15.4. The summed E-state index contributed by atoms with van der Waals surface area (Å²) >= 11 is 6.01. The van der Waals surface area contributed by atoms with Crippen LogP contribution >= 0.6 is 11.6 Å². The number of carboxylic acids is 1. The first kappa shape index (κ1) is 15.1. The number of anilines is 2. The molecule has 21 heavy (non-hydrogen) atoms. The molecule has 2 aromatic rings. The number of hydrogen-bond acceptors (Lipinski definition) is 2. The van der Waals surface area contributed by atoms with Crippen molar-refractivity contribution < 1.29 is 14.3 Å². The third kappa shape index (κ3) is 3.83. The second kappa shape index (κ2) is 6.41. The number of carbonyl (C=O) groups is 1. The van der Waals surface area contributed by atoms with Gasteiger partial charge in [0.05, 0.1) is 0 Å². The number of carboxylic acid groups (broad SMARTS) is 1. The quantitative estimate of drug-likeness (QED) is 0.854. The largest absolute Gasteiger partial charge is 0.478 e. The molecule has 0 aromatic heterocycles. The Morgan fingerprint density at radius 1 is 1.24 bits per heavy atom. The molecular formula is C16H13ClFNO2. The fraction of sp³-hybridized carbons (Fsp3) is 0.0625. The molecule has 0 aliphatic carbocycles. The summed E-state index contributed by atoms with van der Waals surface area (Å²) in [6.07, 6.45) is 2.55. The first-order valence-electron chi connectivity index (χ1n) is 6.17. The predicted octanol–water partition coefficient (Wildman–Crippen LogP) is 4.34. The van der Waals surface area contributed by atoms with Crippen LogP contribution in [-0.4, -0.2) is 18.1 Å². The second-order valence-corrected chi connectivity index (χ2v) is 4.85. The molecule has 0 aliphatic rings. The van der Waals surface area contributed by atoms with Gasteiger partial charge in [-0.1, -0.05) is 17.7 Å². The summed E-state index contributed by atoms with van der Waals surface area (Å²) in [6, 6.07) is 11.2. The smallest absolute Gasteiger partial charge is 0.328 e. The van der Waals surface area contributed by atoms with Crippen LogP contribution in [0, 0.1) is 5.82 Å². The van der Waals surface area contributed by atoms with Crippen LogP contribution in [0.1, 0.15) is 5.56 Å². The van der Waals surface area contributed by atoms with Gasteiger partial charge < -0.3 is 10.0 Å². The third-order valence-electron chi connectivity index (χ3n) is 2.97. The lowest BCUT2D eigenvalue weighted by Crippen LogP contribution is -2.10. The van der Waals surface area contributed by atoms with Crippen LogP contribution in [0.5, 0.6) is 0 Å². The van der Waals surface area contributed by atoms with Crippen LogP contribution in [0.4, 0.5) is 15.8 Å². The van der Waals surface area contributed by atoms with Gasteiger partial charge >= 0.3 is 5.97 Å². The zero-order valence-electron chi connectivity index (χ0n) is 11.3. The number of aliphatic carboxylic acids is 1. The maximum atomic E-state index is 13.0. The maximum Gasteiger partial charge on any atom is 0.328 e. The summed E-state index contributed by atoms with van der Waals surface area (Å²) in [5.74, 6) is -1.34. The lowest BCUT2D eigenvalue weighted by Gasteiger charge is -2.22. The lowest BCUT2D eigenvalue weighted by molar-refractivity contribution is -0.131. The van der Waals surface area contributed by atoms with E-state index in [1.165, 1.54) is 18.2 Å². The van der Waals surface area contributed by atoms with E-state index in [0.717, 1.165) is 17.5 Å². The van der Waals surface area contributed by atoms with E-state index in [0.29, 0.717) is 10.6 Å². The Morgan fingerprint density at radius 2 is 1.90 bits per heavy atom. The number of rotatable bonds is 4. The van der Waals surface area contributed by atoms with E-state index in [1.807, 2.05) is 4.90 Å². The minimum atomic E-state index is -1.03. The monoisotopic (exact) mass is 305 g/mol. The standard InChI is InChI=1S/C16H13ClFNO2/c1-19(14-7-5-13(18)6-8-14)15-10-12(17)4-2-11(15)3-9-16(20)21/h2-10H,1H3,(H,20,21)/b9-3+. The second-order valence-electron chi connectivity index (χ2n) is 4.41. The van der Waals surface area contributed by atoms with Crippen molar-refractivity contribution in [3.63, 3.8) is 0 Å². The van der Waals surface area contributed by atoms with Crippen molar-refractivity contribution in [3.05, 3.63) is 64.9 Å². The van der Waals surface area contributed by atoms with Gasteiger partial charge in [0.2, 0.25) is 0 Å². The van der Waals surface area contributed by atoms with E-state index in [1.54, 1.807) is 37.4 Å². The zero-order valence-corrected chi connectivity index (χ0v) is 12.0. The van der Waals surface area contributed by atoms with Crippen molar-refractivity contribution in [2.24, 2.45) is 0 Å². The van der Waals surface area contributed by atoms with Crippen molar-refractivity contribution in [3.8, 4) is 0 Å². The van der Waals surface area contributed by atoms with Crippen molar-refractivity contribution in [1.29, 1.82) is 0 Å². The van der Waals surface area contributed by atoms with Gasteiger partial charge in [-0.3, -0.25) is 0 Å². The molecule has 0 radical (unpaired) electrons. The Hall–Kier alpha value is -2.33. The van der Waals surface area contributed by atoms with E-state index in [-0.39, 0.29) is 5.82 Å². The minimum absolute atomic E-state index is 0.316. The van der Waals surface area contributed by atoms with E-state index < -0.39 is 5.97 Å². The minimum Gasteiger partial charge on any atom is -0.478 e. The molecule has 2 rings (SSSR count). The summed E-state index contributed by atoms with van der Waals surface area (Å²) in [5, 5.41) is 9.27. The van der Waals surface area contributed by atoms with Crippen molar-refractivity contribution in [2.45, 2.75) is 0 Å². The van der Waals surface area contributed by atoms with Gasteiger partial charge in [-0.2, -0.15) is 0 Å². The average molecular weight is 306 g/mol. The highest BCUT2D eigenvalue weighted by atomic mass is 35.5. The fourth-order valence-corrected chi connectivity index (χ4v) is 2.08. The summed E-state index contributed by atoms with van der Waals surface area (Å²) in [5.41, 5.74) is 2.20. The topological polar surface area (TPSA) is 40.5 Å². The number of nitrogens with zero attached hydrogens (tertiary/aromatic N) is 1. The van der Waals surface area contributed by atoms with Gasteiger partial charge in [-0.05, 0) is 48.0 Å². The highest BCUT2D eigenvalue weighted by Crippen LogP contribution is 2.30. The van der Waals surface area contributed by atoms with Gasteiger partial charge in [0.15, 0.2) is 0 Å². The average Bonchev–Trinajstić information content (AvgIpc) is 2.46. The number of benzene rings is 2. The first-order valence-corrected chi connectivity index (χ1v) is 6.55. The molecule has 108 valence electrons. The Labute approximate surface area is 126 Å². The van der Waals surface area contributed by atoms with Crippen LogP contribution < -0.4 is 4.90 Å². The number of hydrogen-bond donors (Lipinski definition) is 1. The molecule has 0 fully saturated rings. The van der Waals surface area contributed by atoms with Gasteiger partial charge in [-0.25, -0.2) is 9.18 Å². The molecule has 0 unspecified atom stereocenters. The summed E-state index contributed by atoms with van der Waals surface area (Å²) in [7, 11) is 1.80. The van der Waals surface area contributed by atoms with E-state index in [9.17, 15) is 9.18 Å². The molecule has 0 saturated heterocycles.